The first kappa shape index (κ1) is 20.4. The summed E-state index contributed by atoms with van der Waals surface area (Å²) in [4.78, 5) is 18.3. The molecule has 0 spiro atoms. The maximum Gasteiger partial charge on any atom is 0.263 e. The van der Waals surface area contributed by atoms with Crippen LogP contribution in [0.2, 0.25) is 0 Å². The summed E-state index contributed by atoms with van der Waals surface area (Å²) in [5.74, 6) is -0.240. The Morgan fingerprint density at radius 1 is 1.17 bits per heavy atom. The summed E-state index contributed by atoms with van der Waals surface area (Å²) in [6.45, 7) is 1.82. The van der Waals surface area contributed by atoms with Crippen molar-refractivity contribution in [2.45, 2.75) is 11.8 Å². The fraction of sp³-hybridized carbons (Fsp3) is 0.0909. The molecule has 0 bridgehead atoms. The van der Waals surface area contributed by atoms with Crippen LogP contribution in [-0.2, 0) is 14.6 Å². The normalized spacial score (nSPS) is 14.8. The number of anilines is 2. The van der Waals surface area contributed by atoms with Gasteiger partial charge in [-0.2, -0.15) is 5.26 Å². The Morgan fingerprint density at radius 2 is 1.87 bits per heavy atom. The number of benzene rings is 2. The Hall–Kier alpha value is -2.90. The third-order valence-electron chi connectivity index (χ3n) is 4.92. The molecule has 1 aliphatic rings. The topological polar surface area (TPSA) is 94.0 Å². The van der Waals surface area contributed by atoms with Gasteiger partial charge in [0.1, 0.15) is 0 Å². The van der Waals surface area contributed by atoms with Crippen LogP contribution in [0, 0.1) is 21.8 Å². The molecule has 1 aliphatic heterocycles. The van der Waals surface area contributed by atoms with Crippen molar-refractivity contribution >= 4 is 61.4 Å². The highest BCUT2D eigenvalue weighted by Gasteiger charge is 2.34. The number of carbonyl (C=O) groups is 1. The van der Waals surface area contributed by atoms with E-state index in [0.29, 0.717) is 28.1 Å². The van der Waals surface area contributed by atoms with E-state index in [1.807, 2.05) is 25.3 Å². The summed E-state index contributed by atoms with van der Waals surface area (Å²) < 4.78 is 24.6. The molecule has 1 N–H and O–H groups in total. The van der Waals surface area contributed by atoms with Crippen LogP contribution in [0.3, 0.4) is 0 Å². The standard InChI is InChI=1S/C22H16IN3O3S/c1-13-7-21-19(8-14(13)11-24)20(10-16-9-15(23)12-25-16)22(27)26(21)17-3-5-18(6-4-17)30(2,28)29/h3-10,12,25H,1-2H3. The molecule has 3 aromatic rings. The number of H-pyrrole nitrogens is 1. The minimum Gasteiger partial charge on any atom is -0.361 e. The third-order valence-corrected chi connectivity index (χ3v) is 6.67. The molecule has 0 saturated heterocycles. The second kappa shape index (κ2) is 7.41. The second-order valence-corrected chi connectivity index (χ2v) is 10.3. The number of aryl methyl sites for hydroxylation is 1. The number of nitrogens with one attached hydrogen (secondary N) is 1. The summed E-state index contributed by atoms with van der Waals surface area (Å²) in [5, 5.41) is 9.45. The van der Waals surface area contributed by atoms with Crippen molar-refractivity contribution in [3.05, 3.63) is 74.6 Å². The summed E-state index contributed by atoms with van der Waals surface area (Å²) in [6.07, 6.45) is 4.75. The van der Waals surface area contributed by atoms with Gasteiger partial charge in [0, 0.05) is 33.0 Å². The van der Waals surface area contributed by atoms with Crippen molar-refractivity contribution in [3.8, 4) is 6.07 Å². The van der Waals surface area contributed by atoms with Crippen molar-refractivity contribution < 1.29 is 13.2 Å². The van der Waals surface area contributed by atoms with E-state index in [4.69, 9.17) is 0 Å². The van der Waals surface area contributed by atoms with Crippen molar-refractivity contribution in [1.29, 1.82) is 5.26 Å². The van der Waals surface area contributed by atoms with Crippen molar-refractivity contribution in [2.24, 2.45) is 0 Å². The number of rotatable bonds is 3. The molecular formula is C22H16IN3O3S. The van der Waals surface area contributed by atoms with E-state index in [1.54, 1.807) is 29.2 Å². The van der Waals surface area contributed by atoms with Crippen LogP contribution in [0.5, 0.6) is 0 Å². The number of aromatic amines is 1. The van der Waals surface area contributed by atoms with Gasteiger partial charge >= 0.3 is 0 Å². The van der Waals surface area contributed by atoms with E-state index in [1.165, 1.54) is 12.1 Å². The third kappa shape index (κ3) is 3.55. The Balaban J connectivity index is 1.89. The van der Waals surface area contributed by atoms with Crippen LogP contribution in [0.4, 0.5) is 11.4 Å². The summed E-state index contributed by atoms with van der Waals surface area (Å²) in [5.41, 5.74) is 4.39. The predicted octanol–water partition coefficient (Wildman–Crippen LogP) is 4.42. The molecule has 0 saturated carbocycles. The molecular weight excluding hydrogens is 513 g/mol. The van der Waals surface area contributed by atoms with Crippen LogP contribution in [0.15, 0.2) is 53.6 Å². The van der Waals surface area contributed by atoms with Gasteiger partial charge in [0.2, 0.25) is 0 Å². The smallest absolute Gasteiger partial charge is 0.263 e. The molecule has 1 amide bonds. The monoisotopic (exact) mass is 529 g/mol. The zero-order chi connectivity index (χ0) is 21.6. The number of fused-ring (bicyclic) bond motifs is 1. The number of carbonyl (C=O) groups excluding carboxylic acids is 1. The average molecular weight is 529 g/mol. The maximum atomic E-state index is 13.4. The molecule has 8 heteroatoms. The van der Waals surface area contributed by atoms with Gasteiger partial charge in [0.15, 0.2) is 9.84 Å². The van der Waals surface area contributed by atoms with E-state index in [2.05, 4.69) is 33.6 Å². The zero-order valence-electron chi connectivity index (χ0n) is 16.1. The molecule has 0 unspecified atom stereocenters. The van der Waals surface area contributed by atoms with Crippen molar-refractivity contribution in [1.82, 2.24) is 4.98 Å². The van der Waals surface area contributed by atoms with E-state index >= 15 is 0 Å². The van der Waals surface area contributed by atoms with Gasteiger partial charge in [-0.15, -0.1) is 0 Å². The molecule has 150 valence electrons. The highest BCUT2D eigenvalue weighted by molar-refractivity contribution is 14.1. The largest absolute Gasteiger partial charge is 0.361 e. The number of nitrogens with zero attached hydrogens (tertiary/aromatic N) is 2. The van der Waals surface area contributed by atoms with Gasteiger partial charge in [-0.05, 0) is 83.6 Å². The lowest BCUT2D eigenvalue weighted by molar-refractivity contribution is -0.112. The number of sulfone groups is 1. The Kier molecular flexibility index (Phi) is 5.03. The van der Waals surface area contributed by atoms with Gasteiger partial charge in [0.25, 0.3) is 5.91 Å². The SMILES string of the molecule is Cc1cc2c(cc1C#N)C(=Cc1cc(I)c[nH]1)C(=O)N2c1ccc(S(C)(=O)=O)cc1. The van der Waals surface area contributed by atoms with Crippen LogP contribution in [0.1, 0.15) is 22.4 Å². The van der Waals surface area contributed by atoms with Crippen molar-refractivity contribution in [3.63, 3.8) is 0 Å². The van der Waals surface area contributed by atoms with Gasteiger partial charge in [0.05, 0.1) is 27.8 Å². The molecule has 6 nitrogen and oxygen atoms in total. The Labute approximate surface area is 187 Å². The minimum atomic E-state index is -3.34. The van der Waals surface area contributed by atoms with Crippen LogP contribution in [-0.4, -0.2) is 25.6 Å². The molecule has 1 aromatic heterocycles. The summed E-state index contributed by atoms with van der Waals surface area (Å²) in [7, 11) is -3.34. The van der Waals surface area contributed by atoms with E-state index < -0.39 is 9.84 Å². The molecule has 4 rings (SSSR count). The Morgan fingerprint density at radius 3 is 2.43 bits per heavy atom. The first-order chi connectivity index (χ1) is 14.2. The number of aromatic nitrogens is 1. The number of halogens is 1. The lowest BCUT2D eigenvalue weighted by Gasteiger charge is -2.18. The molecule has 0 fully saturated rings. The zero-order valence-corrected chi connectivity index (χ0v) is 19.1. The van der Waals surface area contributed by atoms with Crippen LogP contribution < -0.4 is 4.90 Å². The Bertz CT molecular complexity index is 1360. The highest BCUT2D eigenvalue weighted by Crippen LogP contribution is 2.43. The number of nitriles is 1. The number of hydrogen-bond donors (Lipinski definition) is 1. The second-order valence-electron chi connectivity index (χ2n) is 7.03. The number of hydrogen-bond acceptors (Lipinski definition) is 4. The molecule has 30 heavy (non-hydrogen) atoms. The minimum absolute atomic E-state index is 0.186. The van der Waals surface area contributed by atoms with Gasteiger partial charge in [-0.1, -0.05) is 0 Å². The van der Waals surface area contributed by atoms with Crippen LogP contribution in [0.25, 0.3) is 11.6 Å². The molecule has 2 aromatic carbocycles. The average Bonchev–Trinajstić information content (AvgIpc) is 3.21. The lowest BCUT2D eigenvalue weighted by Crippen LogP contribution is -2.20. The lowest BCUT2D eigenvalue weighted by atomic mass is 10.00. The molecule has 0 aliphatic carbocycles. The predicted molar refractivity (Wildman–Crippen MR) is 124 cm³/mol. The maximum absolute atomic E-state index is 13.4. The summed E-state index contributed by atoms with van der Waals surface area (Å²) >= 11 is 2.18. The highest BCUT2D eigenvalue weighted by atomic mass is 127. The van der Waals surface area contributed by atoms with Gasteiger partial charge in [-0.25, -0.2) is 8.42 Å². The van der Waals surface area contributed by atoms with Gasteiger partial charge < -0.3 is 4.98 Å². The van der Waals surface area contributed by atoms with E-state index in [0.717, 1.165) is 21.1 Å². The van der Waals surface area contributed by atoms with E-state index in [9.17, 15) is 18.5 Å². The fourth-order valence-electron chi connectivity index (χ4n) is 3.42. The molecule has 0 atom stereocenters. The first-order valence-corrected chi connectivity index (χ1v) is 11.9. The quantitative estimate of drug-likeness (QED) is 0.402. The number of amides is 1. The van der Waals surface area contributed by atoms with Gasteiger partial charge in [-0.3, -0.25) is 9.69 Å². The van der Waals surface area contributed by atoms with Crippen LogP contribution >= 0.6 is 22.6 Å². The van der Waals surface area contributed by atoms with E-state index in [-0.39, 0.29) is 10.8 Å². The first-order valence-electron chi connectivity index (χ1n) is 8.94. The molecule has 2 heterocycles. The van der Waals surface area contributed by atoms with Crippen molar-refractivity contribution in [2.75, 3.05) is 11.2 Å². The fourth-order valence-corrected chi connectivity index (χ4v) is 4.54. The molecule has 0 radical (unpaired) electrons. The summed E-state index contributed by atoms with van der Waals surface area (Å²) in [6, 6.07) is 13.9.